The lowest BCUT2D eigenvalue weighted by molar-refractivity contribution is 0.353. The minimum Gasteiger partial charge on any atom is -0.310 e. The van der Waals surface area contributed by atoms with Crippen LogP contribution in [0.15, 0.2) is 176 Å². The number of nitrogens with zero attached hydrogens (tertiary/aromatic N) is 1. The predicted octanol–water partition coefficient (Wildman–Crippen LogP) is 11.6. The van der Waals surface area contributed by atoms with Crippen LogP contribution < -0.4 is 4.90 Å². The first-order valence-corrected chi connectivity index (χ1v) is 15.8. The number of hydrogen-bond donors (Lipinski definition) is 0. The molecule has 8 rings (SSSR count). The quantitative estimate of drug-likeness (QED) is 0.197. The highest BCUT2D eigenvalue weighted by Crippen LogP contribution is 2.60. The molecule has 0 saturated carbocycles. The van der Waals surface area contributed by atoms with Crippen LogP contribution in [0.1, 0.15) is 36.1 Å². The van der Waals surface area contributed by atoms with Gasteiger partial charge >= 0.3 is 0 Å². The number of fused-ring (bicyclic) bond motifs is 4. The van der Waals surface area contributed by atoms with Gasteiger partial charge in [-0.3, -0.25) is 0 Å². The van der Waals surface area contributed by atoms with Crippen molar-refractivity contribution >= 4 is 27.8 Å². The van der Waals surface area contributed by atoms with Crippen molar-refractivity contribution in [2.45, 2.75) is 24.7 Å². The first-order chi connectivity index (χ1) is 22.1. The molecule has 216 valence electrons. The molecule has 1 aliphatic carbocycles. The molecule has 0 bridgehead atoms. The topological polar surface area (TPSA) is 3.24 Å². The fraction of sp³-hybridized carbons (Fsp3) is 0.0909. The fourth-order valence-electron chi connectivity index (χ4n) is 7.95. The summed E-state index contributed by atoms with van der Waals surface area (Å²) < 4.78 is 0. The summed E-state index contributed by atoms with van der Waals surface area (Å²) in [4.78, 5) is 2.39. The molecule has 1 nitrogen and oxygen atoms in total. The molecule has 1 aliphatic rings. The molecule has 7 aromatic rings. The van der Waals surface area contributed by atoms with Crippen molar-refractivity contribution in [1.29, 1.82) is 0 Å². The second-order valence-corrected chi connectivity index (χ2v) is 12.6. The third kappa shape index (κ3) is 4.15. The molecule has 0 amide bonds. The Morgan fingerprint density at radius 1 is 0.378 bits per heavy atom. The summed E-state index contributed by atoms with van der Waals surface area (Å²) in [6.07, 6.45) is 0. The van der Waals surface area contributed by atoms with Crippen LogP contribution in [-0.2, 0) is 10.8 Å². The molecule has 0 fully saturated rings. The third-order valence-electron chi connectivity index (χ3n) is 9.91. The molecule has 0 aliphatic heterocycles. The molecule has 0 heterocycles. The minimum atomic E-state index is -0.443. The van der Waals surface area contributed by atoms with E-state index in [0.29, 0.717) is 0 Å². The molecular formula is C44H35N. The van der Waals surface area contributed by atoms with Crippen LogP contribution >= 0.6 is 0 Å². The van der Waals surface area contributed by atoms with Crippen molar-refractivity contribution in [3.63, 3.8) is 0 Å². The van der Waals surface area contributed by atoms with Gasteiger partial charge in [0.1, 0.15) is 0 Å². The molecule has 45 heavy (non-hydrogen) atoms. The van der Waals surface area contributed by atoms with Gasteiger partial charge < -0.3 is 4.90 Å². The summed E-state index contributed by atoms with van der Waals surface area (Å²) in [6, 6.07) is 64.5. The molecule has 0 spiro atoms. The van der Waals surface area contributed by atoms with Crippen LogP contribution in [-0.4, -0.2) is 0 Å². The normalized spacial score (nSPS) is 16.5. The van der Waals surface area contributed by atoms with Gasteiger partial charge in [0.05, 0.1) is 5.41 Å². The average Bonchev–Trinajstić information content (AvgIpc) is 3.10. The second kappa shape index (κ2) is 10.6. The SMILES string of the molecule is CC1(C)c2ccccc2-c2ccccc2C1(c1ccccc1)c1cccc(N(c2ccccc2)c2ccc3ccccc3c2)c1. The van der Waals surface area contributed by atoms with Gasteiger partial charge in [-0.05, 0) is 80.6 Å². The summed E-state index contributed by atoms with van der Waals surface area (Å²) in [5.41, 5.74) is 10.6. The largest absolute Gasteiger partial charge is 0.310 e. The Balaban J connectivity index is 1.42. The predicted molar refractivity (Wildman–Crippen MR) is 190 cm³/mol. The van der Waals surface area contributed by atoms with Crippen LogP contribution in [0, 0.1) is 0 Å². The summed E-state index contributed by atoms with van der Waals surface area (Å²) >= 11 is 0. The first-order valence-electron chi connectivity index (χ1n) is 15.8. The van der Waals surface area contributed by atoms with E-state index in [0.717, 1.165) is 17.1 Å². The summed E-state index contributed by atoms with van der Waals surface area (Å²) in [5.74, 6) is 0. The standard InChI is InChI=1S/C44H35N/c1-43(2)41-26-13-11-24-39(41)40-25-12-14-27-42(40)44(43,34-18-5-3-6-19-34)35-20-15-23-37(31-35)45(36-21-7-4-8-22-36)38-29-28-32-16-9-10-17-33(32)30-38/h3-31H,1-2H3. The first kappa shape index (κ1) is 27.2. The molecule has 1 unspecified atom stereocenters. The maximum Gasteiger partial charge on any atom is 0.0549 e. The van der Waals surface area contributed by atoms with Crippen LogP contribution in [0.25, 0.3) is 21.9 Å². The second-order valence-electron chi connectivity index (χ2n) is 12.6. The summed E-state index contributed by atoms with van der Waals surface area (Å²) in [7, 11) is 0. The van der Waals surface area contributed by atoms with Gasteiger partial charge in [-0.25, -0.2) is 0 Å². The Bertz CT molecular complexity index is 2140. The Hall–Kier alpha value is -5.40. The third-order valence-corrected chi connectivity index (χ3v) is 9.91. The molecule has 7 aromatic carbocycles. The van der Waals surface area contributed by atoms with Gasteiger partial charge in [0.15, 0.2) is 0 Å². The van der Waals surface area contributed by atoms with Crippen molar-refractivity contribution < 1.29 is 0 Å². The fourth-order valence-corrected chi connectivity index (χ4v) is 7.95. The monoisotopic (exact) mass is 577 g/mol. The number of para-hydroxylation sites is 1. The number of rotatable bonds is 5. The smallest absolute Gasteiger partial charge is 0.0549 e. The lowest BCUT2D eigenvalue weighted by atomic mass is 9.49. The zero-order valence-corrected chi connectivity index (χ0v) is 25.7. The van der Waals surface area contributed by atoms with E-state index in [4.69, 9.17) is 0 Å². The summed E-state index contributed by atoms with van der Waals surface area (Å²) in [6.45, 7) is 4.86. The average molecular weight is 578 g/mol. The molecular weight excluding hydrogens is 542 g/mol. The van der Waals surface area contributed by atoms with Gasteiger partial charge in [0.2, 0.25) is 0 Å². The number of hydrogen-bond acceptors (Lipinski definition) is 1. The Morgan fingerprint density at radius 2 is 0.911 bits per heavy atom. The van der Waals surface area contributed by atoms with E-state index in [1.165, 1.54) is 44.2 Å². The highest BCUT2D eigenvalue weighted by molar-refractivity contribution is 5.89. The van der Waals surface area contributed by atoms with E-state index in [9.17, 15) is 0 Å². The van der Waals surface area contributed by atoms with Crippen LogP contribution in [0.5, 0.6) is 0 Å². The van der Waals surface area contributed by atoms with Crippen LogP contribution in [0.3, 0.4) is 0 Å². The van der Waals surface area contributed by atoms with E-state index in [1.54, 1.807) is 0 Å². The maximum atomic E-state index is 2.43. The van der Waals surface area contributed by atoms with E-state index >= 15 is 0 Å². The van der Waals surface area contributed by atoms with Crippen LogP contribution in [0.2, 0.25) is 0 Å². The number of anilines is 3. The zero-order valence-electron chi connectivity index (χ0n) is 25.7. The van der Waals surface area contributed by atoms with Crippen molar-refractivity contribution in [2.24, 2.45) is 0 Å². The van der Waals surface area contributed by atoms with Gasteiger partial charge in [0.25, 0.3) is 0 Å². The lowest BCUT2D eigenvalue weighted by Gasteiger charge is -2.53. The Labute approximate surface area is 266 Å². The van der Waals surface area contributed by atoms with Gasteiger partial charge in [0, 0.05) is 22.5 Å². The molecule has 1 atom stereocenters. The van der Waals surface area contributed by atoms with E-state index in [2.05, 4.69) is 195 Å². The van der Waals surface area contributed by atoms with E-state index in [1.807, 2.05) is 0 Å². The Morgan fingerprint density at radius 3 is 1.67 bits per heavy atom. The maximum absolute atomic E-state index is 2.43. The van der Waals surface area contributed by atoms with Gasteiger partial charge in [-0.15, -0.1) is 0 Å². The highest BCUT2D eigenvalue weighted by Gasteiger charge is 2.54. The van der Waals surface area contributed by atoms with E-state index in [-0.39, 0.29) is 5.41 Å². The zero-order chi connectivity index (χ0) is 30.4. The minimum absolute atomic E-state index is 0.265. The van der Waals surface area contributed by atoms with Crippen molar-refractivity contribution in [3.05, 3.63) is 198 Å². The van der Waals surface area contributed by atoms with Crippen LogP contribution in [0.4, 0.5) is 17.1 Å². The van der Waals surface area contributed by atoms with Crippen molar-refractivity contribution in [2.75, 3.05) is 4.90 Å². The molecule has 1 heteroatoms. The number of benzene rings is 7. The molecule has 0 aromatic heterocycles. The van der Waals surface area contributed by atoms with Crippen molar-refractivity contribution in [1.82, 2.24) is 0 Å². The lowest BCUT2D eigenvalue weighted by Crippen LogP contribution is -2.49. The summed E-state index contributed by atoms with van der Waals surface area (Å²) in [5, 5.41) is 2.47. The Kier molecular flexibility index (Phi) is 6.43. The van der Waals surface area contributed by atoms with Crippen molar-refractivity contribution in [3.8, 4) is 11.1 Å². The molecule has 0 radical (unpaired) electrons. The molecule has 0 N–H and O–H groups in total. The molecule has 0 saturated heterocycles. The van der Waals surface area contributed by atoms with Gasteiger partial charge in [-0.2, -0.15) is 0 Å². The van der Waals surface area contributed by atoms with E-state index < -0.39 is 5.41 Å². The van der Waals surface area contributed by atoms with Gasteiger partial charge in [-0.1, -0.05) is 153 Å². The highest BCUT2D eigenvalue weighted by atomic mass is 15.1.